The fourth-order valence-electron chi connectivity index (χ4n) is 2.55. The van der Waals surface area contributed by atoms with Crippen molar-refractivity contribution in [2.75, 3.05) is 20.2 Å². The Balaban J connectivity index is 0.00000392. The summed E-state index contributed by atoms with van der Waals surface area (Å²) in [6, 6.07) is 14.5. The standard InChI is InChI=1S/C21H28FN3O2.HI/c1-4-23-21(25-14-17-9-5-6-10-18(17)15-26-3)24-13-16(2)27-20-12-8-7-11-19(20)22;/h5-12,16H,4,13-15H2,1-3H3,(H2,23,24,25);1H. The van der Waals surface area contributed by atoms with Crippen LogP contribution in [-0.4, -0.2) is 32.3 Å². The maximum atomic E-state index is 13.7. The van der Waals surface area contributed by atoms with Crippen molar-refractivity contribution in [3.63, 3.8) is 0 Å². The molecule has 0 aliphatic heterocycles. The van der Waals surface area contributed by atoms with Crippen LogP contribution in [0.3, 0.4) is 0 Å². The van der Waals surface area contributed by atoms with Gasteiger partial charge in [0.25, 0.3) is 0 Å². The maximum Gasteiger partial charge on any atom is 0.191 e. The van der Waals surface area contributed by atoms with Crippen LogP contribution in [0.5, 0.6) is 5.75 Å². The molecule has 0 saturated heterocycles. The Labute approximate surface area is 183 Å². The maximum absolute atomic E-state index is 13.7. The van der Waals surface area contributed by atoms with Crippen LogP contribution in [0.4, 0.5) is 4.39 Å². The van der Waals surface area contributed by atoms with Gasteiger partial charge in [0.15, 0.2) is 17.5 Å². The van der Waals surface area contributed by atoms with E-state index in [4.69, 9.17) is 9.47 Å². The van der Waals surface area contributed by atoms with Crippen LogP contribution in [0.25, 0.3) is 0 Å². The lowest BCUT2D eigenvalue weighted by atomic mass is 10.1. The summed E-state index contributed by atoms with van der Waals surface area (Å²) < 4.78 is 24.6. The van der Waals surface area contributed by atoms with Gasteiger partial charge in [-0.2, -0.15) is 0 Å². The molecule has 2 aromatic rings. The molecule has 5 nitrogen and oxygen atoms in total. The van der Waals surface area contributed by atoms with E-state index in [1.807, 2.05) is 38.1 Å². The van der Waals surface area contributed by atoms with Crippen molar-refractivity contribution in [1.29, 1.82) is 0 Å². The molecule has 0 aliphatic rings. The summed E-state index contributed by atoms with van der Waals surface area (Å²) in [4.78, 5) is 4.63. The predicted molar refractivity (Wildman–Crippen MR) is 122 cm³/mol. The molecule has 0 amide bonds. The molecule has 7 heteroatoms. The molecule has 28 heavy (non-hydrogen) atoms. The Kier molecular flexibility index (Phi) is 11.5. The number of nitrogens with zero attached hydrogens (tertiary/aromatic N) is 1. The van der Waals surface area contributed by atoms with Crippen LogP contribution in [0.1, 0.15) is 25.0 Å². The molecule has 0 fully saturated rings. The highest BCUT2D eigenvalue weighted by Crippen LogP contribution is 2.16. The van der Waals surface area contributed by atoms with Crippen molar-refractivity contribution >= 4 is 29.9 Å². The number of nitrogens with one attached hydrogen (secondary N) is 2. The van der Waals surface area contributed by atoms with E-state index in [-0.39, 0.29) is 41.6 Å². The lowest BCUT2D eigenvalue weighted by Crippen LogP contribution is -2.41. The van der Waals surface area contributed by atoms with Crippen LogP contribution in [-0.2, 0) is 17.9 Å². The first-order chi connectivity index (χ1) is 13.1. The molecule has 2 N–H and O–H groups in total. The largest absolute Gasteiger partial charge is 0.486 e. The molecule has 0 bridgehead atoms. The van der Waals surface area contributed by atoms with Gasteiger partial charge in [0, 0.05) is 13.7 Å². The number of guanidine groups is 1. The van der Waals surface area contributed by atoms with E-state index in [1.54, 1.807) is 25.3 Å². The topological polar surface area (TPSA) is 54.9 Å². The fraction of sp³-hybridized carbons (Fsp3) is 0.381. The van der Waals surface area contributed by atoms with Gasteiger partial charge in [-0.05, 0) is 37.1 Å². The van der Waals surface area contributed by atoms with E-state index in [1.165, 1.54) is 6.07 Å². The first-order valence-corrected chi connectivity index (χ1v) is 9.13. The molecule has 0 aromatic heterocycles. The van der Waals surface area contributed by atoms with E-state index in [9.17, 15) is 4.39 Å². The lowest BCUT2D eigenvalue weighted by Gasteiger charge is -2.18. The molecule has 0 spiro atoms. The normalized spacial score (nSPS) is 12.1. The second kappa shape index (κ2) is 13.3. The van der Waals surface area contributed by atoms with Gasteiger partial charge in [-0.3, -0.25) is 0 Å². The van der Waals surface area contributed by atoms with Gasteiger partial charge in [-0.1, -0.05) is 36.4 Å². The van der Waals surface area contributed by atoms with Gasteiger partial charge in [0.2, 0.25) is 0 Å². The third kappa shape index (κ3) is 8.02. The minimum atomic E-state index is -0.361. The van der Waals surface area contributed by atoms with Crippen molar-refractivity contribution in [1.82, 2.24) is 10.6 Å². The minimum absolute atomic E-state index is 0. The third-order valence-electron chi connectivity index (χ3n) is 3.89. The zero-order valence-corrected chi connectivity index (χ0v) is 18.9. The summed E-state index contributed by atoms with van der Waals surface area (Å²) in [6.07, 6.45) is -0.216. The highest BCUT2D eigenvalue weighted by molar-refractivity contribution is 14.0. The van der Waals surface area contributed by atoms with Crippen molar-refractivity contribution in [3.8, 4) is 5.75 Å². The average Bonchev–Trinajstić information content (AvgIpc) is 2.67. The van der Waals surface area contributed by atoms with E-state index in [2.05, 4.69) is 15.6 Å². The predicted octanol–water partition coefficient (Wildman–Crippen LogP) is 4.11. The van der Waals surface area contributed by atoms with Crippen molar-refractivity contribution in [2.45, 2.75) is 33.1 Å². The lowest BCUT2D eigenvalue weighted by molar-refractivity contribution is 0.184. The molecule has 1 unspecified atom stereocenters. The van der Waals surface area contributed by atoms with Gasteiger partial charge in [0.1, 0.15) is 6.10 Å². The van der Waals surface area contributed by atoms with Crippen LogP contribution in [0.2, 0.25) is 0 Å². The van der Waals surface area contributed by atoms with E-state index < -0.39 is 0 Å². The van der Waals surface area contributed by atoms with Gasteiger partial charge in [0.05, 0.1) is 19.7 Å². The molecule has 0 radical (unpaired) electrons. The fourth-order valence-corrected chi connectivity index (χ4v) is 2.55. The molecule has 2 aromatic carbocycles. The van der Waals surface area contributed by atoms with Crippen LogP contribution >= 0.6 is 24.0 Å². The van der Waals surface area contributed by atoms with E-state index in [0.29, 0.717) is 25.7 Å². The van der Waals surface area contributed by atoms with Crippen molar-refractivity contribution in [2.24, 2.45) is 4.99 Å². The first-order valence-electron chi connectivity index (χ1n) is 9.13. The highest BCUT2D eigenvalue weighted by Gasteiger charge is 2.09. The monoisotopic (exact) mass is 501 g/mol. The van der Waals surface area contributed by atoms with Gasteiger partial charge in [-0.15, -0.1) is 24.0 Å². The number of hydrogen-bond donors (Lipinski definition) is 2. The van der Waals surface area contributed by atoms with Crippen LogP contribution in [0, 0.1) is 5.82 Å². The van der Waals surface area contributed by atoms with Crippen molar-refractivity contribution < 1.29 is 13.9 Å². The summed E-state index contributed by atoms with van der Waals surface area (Å²) in [7, 11) is 1.68. The summed E-state index contributed by atoms with van der Waals surface area (Å²) in [6.45, 7) is 6.24. The SMILES string of the molecule is CCNC(=NCc1ccccc1COC)NCC(C)Oc1ccccc1F.I. The number of ether oxygens (including phenoxy) is 2. The number of para-hydroxylation sites is 1. The molecule has 0 aliphatic carbocycles. The van der Waals surface area contributed by atoms with Gasteiger partial charge in [-0.25, -0.2) is 9.38 Å². The summed E-state index contributed by atoms with van der Waals surface area (Å²) in [5.74, 6) is 0.579. The second-order valence-corrected chi connectivity index (χ2v) is 6.14. The number of benzene rings is 2. The summed E-state index contributed by atoms with van der Waals surface area (Å²) in [5, 5.41) is 6.45. The van der Waals surface area contributed by atoms with E-state index in [0.717, 1.165) is 17.7 Å². The Hall–Kier alpha value is -1.87. The van der Waals surface area contributed by atoms with E-state index >= 15 is 0 Å². The molecule has 0 saturated carbocycles. The molecule has 2 rings (SSSR count). The number of halogens is 2. The summed E-state index contributed by atoms with van der Waals surface area (Å²) in [5.41, 5.74) is 2.24. The zero-order valence-electron chi connectivity index (χ0n) is 16.6. The minimum Gasteiger partial charge on any atom is -0.486 e. The molecular weight excluding hydrogens is 472 g/mol. The smallest absolute Gasteiger partial charge is 0.191 e. The Morgan fingerprint density at radius 2 is 1.75 bits per heavy atom. The number of methoxy groups -OCH3 is 1. The number of rotatable bonds is 9. The molecular formula is C21H29FIN3O2. The number of aliphatic imine (C=N–C) groups is 1. The van der Waals surface area contributed by atoms with Crippen molar-refractivity contribution in [3.05, 3.63) is 65.5 Å². The Morgan fingerprint density at radius 1 is 1.07 bits per heavy atom. The molecule has 1 atom stereocenters. The number of hydrogen-bond acceptors (Lipinski definition) is 3. The molecule has 154 valence electrons. The van der Waals surface area contributed by atoms with Gasteiger partial charge >= 0.3 is 0 Å². The Morgan fingerprint density at radius 3 is 2.43 bits per heavy atom. The van der Waals surface area contributed by atoms with Gasteiger partial charge < -0.3 is 20.1 Å². The van der Waals surface area contributed by atoms with Crippen LogP contribution < -0.4 is 15.4 Å². The van der Waals surface area contributed by atoms with Crippen LogP contribution in [0.15, 0.2) is 53.5 Å². The quantitative estimate of drug-likeness (QED) is 0.309. The zero-order chi connectivity index (χ0) is 19.5. The average molecular weight is 501 g/mol. The molecule has 0 heterocycles. The summed E-state index contributed by atoms with van der Waals surface area (Å²) >= 11 is 0. The second-order valence-electron chi connectivity index (χ2n) is 6.14. The first kappa shape index (κ1) is 24.2. The third-order valence-corrected chi connectivity index (χ3v) is 3.89. The Bertz CT molecular complexity index is 743. The highest BCUT2D eigenvalue weighted by atomic mass is 127.